The number of nitrogens with one attached hydrogen (secondary N) is 1. The van der Waals surface area contributed by atoms with Crippen LogP contribution in [-0.4, -0.2) is 18.7 Å². The zero-order chi connectivity index (χ0) is 14.9. The van der Waals surface area contributed by atoms with E-state index in [1.54, 1.807) is 0 Å². The minimum atomic E-state index is -0.442. The standard InChI is InChI=1S/C17H20N2O2/c18-16(11-14-7-3-1-4-8-14)13-21-17(20)19-12-15-9-5-2-6-10-15/h1-10,16H,11-13,18H2,(H,19,20)/t16-/m1/s1. The summed E-state index contributed by atoms with van der Waals surface area (Å²) in [6, 6.07) is 19.4. The van der Waals surface area contributed by atoms with Crippen LogP contribution in [0.15, 0.2) is 60.7 Å². The Morgan fingerprint density at radius 2 is 1.57 bits per heavy atom. The van der Waals surface area contributed by atoms with Gasteiger partial charge in [0.2, 0.25) is 0 Å². The molecule has 21 heavy (non-hydrogen) atoms. The maximum Gasteiger partial charge on any atom is 0.407 e. The SMILES string of the molecule is N[C@@H](COC(=O)NCc1ccccc1)Cc1ccccc1. The van der Waals surface area contributed by atoms with Crippen molar-refractivity contribution in [3.8, 4) is 0 Å². The van der Waals surface area contributed by atoms with Gasteiger partial charge in [0.25, 0.3) is 0 Å². The van der Waals surface area contributed by atoms with Gasteiger partial charge in [-0.05, 0) is 17.5 Å². The molecular formula is C17H20N2O2. The first-order valence-electron chi connectivity index (χ1n) is 6.98. The summed E-state index contributed by atoms with van der Waals surface area (Å²) in [6.45, 7) is 0.656. The molecule has 110 valence electrons. The number of nitrogens with two attached hydrogens (primary N) is 1. The molecule has 2 aromatic carbocycles. The van der Waals surface area contributed by atoms with Gasteiger partial charge in [-0.25, -0.2) is 4.79 Å². The molecule has 0 aliphatic carbocycles. The number of benzene rings is 2. The number of carbonyl (C=O) groups excluding carboxylic acids is 1. The molecule has 1 amide bonds. The smallest absolute Gasteiger partial charge is 0.407 e. The van der Waals surface area contributed by atoms with E-state index < -0.39 is 6.09 Å². The maximum atomic E-state index is 11.6. The van der Waals surface area contributed by atoms with E-state index in [0.29, 0.717) is 13.0 Å². The minimum absolute atomic E-state index is 0.199. The van der Waals surface area contributed by atoms with Gasteiger partial charge in [0.05, 0.1) is 0 Å². The Bertz CT molecular complexity index is 543. The summed E-state index contributed by atoms with van der Waals surface area (Å²) in [6.07, 6.45) is 0.245. The van der Waals surface area contributed by atoms with Crippen molar-refractivity contribution in [3.63, 3.8) is 0 Å². The molecule has 4 nitrogen and oxygen atoms in total. The molecule has 0 aliphatic rings. The maximum absolute atomic E-state index is 11.6. The van der Waals surface area contributed by atoms with E-state index in [1.807, 2.05) is 60.7 Å². The van der Waals surface area contributed by atoms with Crippen molar-refractivity contribution in [1.82, 2.24) is 5.32 Å². The van der Waals surface area contributed by atoms with Crippen molar-refractivity contribution < 1.29 is 9.53 Å². The summed E-state index contributed by atoms with van der Waals surface area (Å²) in [5, 5.41) is 2.70. The second kappa shape index (κ2) is 8.07. The van der Waals surface area contributed by atoms with Crippen LogP contribution in [0.4, 0.5) is 4.79 Å². The molecule has 0 spiro atoms. The minimum Gasteiger partial charge on any atom is -0.448 e. The van der Waals surface area contributed by atoms with Gasteiger partial charge in [0, 0.05) is 12.6 Å². The van der Waals surface area contributed by atoms with Crippen LogP contribution in [0.5, 0.6) is 0 Å². The summed E-state index contributed by atoms with van der Waals surface area (Å²) in [4.78, 5) is 11.6. The van der Waals surface area contributed by atoms with Gasteiger partial charge in [0.1, 0.15) is 6.61 Å². The molecule has 0 bridgehead atoms. The van der Waals surface area contributed by atoms with Gasteiger partial charge in [-0.2, -0.15) is 0 Å². The number of carbonyl (C=O) groups is 1. The van der Waals surface area contributed by atoms with Crippen molar-refractivity contribution in [2.24, 2.45) is 5.73 Å². The number of amides is 1. The second-order valence-corrected chi connectivity index (χ2v) is 4.89. The van der Waals surface area contributed by atoms with E-state index in [0.717, 1.165) is 11.1 Å². The van der Waals surface area contributed by atoms with Gasteiger partial charge < -0.3 is 15.8 Å². The van der Waals surface area contributed by atoms with Gasteiger partial charge >= 0.3 is 6.09 Å². The monoisotopic (exact) mass is 284 g/mol. The third-order valence-corrected chi connectivity index (χ3v) is 3.05. The fraction of sp³-hybridized carbons (Fsp3) is 0.235. The van der Waals surface area contributed by atoms with Crippen molar-refractivity contribution in [1.29, 1.82) is 0 Å². The van der Waals surface area contributed by atoms with E-state index in [9.17, 15) is 4.79 Å². The number of ether oxygens (including phenoxy) is 1. The first-order valence-corrected chi connectivity index (χ1v) is 6.98. The molecular weight excluding hydrogens is 264 g/mol. The van der Waals surface area contributed by atoms with Crippen LogP contribution >= 0.6 is 0 Å². The lowest BCUT2D eigenvalue weighted by Gasteiger charge is -2.13. The van der Waals surface area contributed by atoms with Crippen LogP contribution in [0.3, 0.4) is 0 Å². The molecule has 2 rings (SSSR count). The molecule has 0 aromatic heterocycles. The lowest BCUT2D eigenvalue weighted by Crippen LogP contribution is -2.33. The highest BCUT2D eigenvalue weighted by atomic mass is 16.5. The molecule has 0 aliphatic heterocycles. The topological polar surface area (TPSA) is 64.3 Å². The summed E-state index contributed by atoms with van der Waals surface area (Å²) in [5.41, 5.74) is 8.12. The van der Waals surface area contributed by atoms with E-state index >= 15 is 0 Å². The highest BCUT2D eigenvalue weighted by Gasteiger charge is 2.08. The normalized spacial score (nSPS) is 11.7. The van der Waals surface area contributed by atoms with Crippen molar-refractivity contribution in [3.05, 3.63) is 71.8 Å². The average molecular weight is 284 g/mol. The van der Waals surface area contributed by atoms with Crippen molar-refractivity contribution in [2.45, 2.75) is 19.0 Å². The van der Waals surface area contributed by atoms with E-state index in [-0.39, 0.29) is 12.6 Å². The molecule has 0 radical (unpaired) electrons. The molecule has 0 unspecified atom stereocenters. The molecule has 1 atom stereocenters. The lowest BCUT2D eigenvalue weighted by molar-refractivity contribution is 0.138. The summed E-state index contributed by atoms with van der Waals surface area (Å²) in [7, 11) is 0. The Morgan fingerprint density at radius 3 is 2.19 bits per heavy atom. The van der Waals surface area contributed by atoms with Crippen LogP contribution < -0.4 is 11.1 Å². The first-order chi connectivity index (χ1) is 10.2. The third kappa shape index (κ3) is 5.67. The summed E-state index contributed by atoms with van der Waals surface area (Å²) >= 11 is 0. The molecule has 2 aromatic rings. The second-order valence-electron chi connectivity index (χ2n) is 4.89. The van der Waals surface area contributed by atoms with Crippen LogP contribution in [0, 0.1) is 0 Å². The molecule has 0 saturated heterocycles. The molecule has 3 N–H and O–H groups in total. The number of hydrogen-bond donors (Lipinski definition) is 2. The number of alkyl carbamates (subject to hydrolysis) is 1. The van der Waals surface area contributed by atoms with Crippen molar-refractivity contribution >= 4 is 6.09 Å². The highest BCUT2D eigenvalue weighted by molar-refractivity contribution is 5.67. The lowest BCUT2D eigenvalue weighted by atomic mass is 10.1. The molecule has 4 heteroatoms. The van der Waals surface area contributed by atoms with Gasteiger partial charge in [-0.1, -0.05) is 60.7 Å². The van der Waals surface area contributed by atoms with E-state index in [1.165, 1.54) is 0 Å². The Labute approximate surface area is 124 Å². The fourth-order valence-corrected chi connectivity index (χ4v) is 1.98. The van der Waals surface area contributed by atoms with Gasteiger partial charge in [-0.3, -0.25) is 0 Å². The van der Waals surface area contributed by atoms with Gasteiger partial charge in [-0.15, -0.1) is 0 Å². The Kier molecular flexibility index (Phi) is 5.79. The quantitative estimate of drug-likeness (QED) is 0.856. The van der Waals surface area contributed by atoms with E-state index in [4.69, 9.17) is 10.5 Å². The Hall–Kier alpha value is -2.33. The molecule has 0 fully saturated rings. The highest BCUT2D eigenvalue weighted by Crippen LogP contribution is 2.02. The van der Waals surface area contributed by atoms with Gasteiger partial charge in [0.15, 0.2) is 0 Å². The predicted molar refractivity (Wildman–Crippen MR) is 82.8 cm³/mol. The average Bonchev–Trinajstić information content (AvgIpc) is 2.53. The summed E-state index contributed by atoms with van der Waals surface area (Å²) in [5.74, 6) is 0. The van der Waals surface area contributed by atoms with E-state index in [2.05, 4.69) is 5.32 Å². The number of rotatable bonds is 6. The summed E-state index contributed by atoms with van der Waals surface area (Å²) < 4.78 is 5.12. The molecule has 0 saturated carbocycles. The third-order valence-electron chi connectivity index (χ3n) is 3.05. The van der Waals surface area contributed by atoms with Crippen molar-refractivity contribution in [2.75, 3.05) is 6.61 Å². The Balaban J connectivity index is 1.66. The van der Waals surface area contributed by atoms with Crippen LogP contribution in [0.25, 0.3) is 0 Å². The predicted octanol–water partition coefficient (Wildman–Crippen LogP) is 2.48. The largest absolute Gasteiger partial charge is 0.448 e. The first kappa shape index (κ1) is 15.1. The zero-order valence-corrected chi connectivity index (χ0v) is 11.9. The zero-order valence-electron chi connectivity index (χ0n) is 11.9. The Morgan fingerprint density at radius 1 is 1.00 bits per heavy atom. The fourth-order valence-electron chi connectivity index (χ4n) is 1.98. The van der Waals surface area contributed by atoms with Crippen LogP contribution in [-0.2, 0) is 17.7 Å². The number of hydrogen-bond acceptors (Lipinski definition) is 3. The molecule has 0 heterocycles. The van der Waals surface area contributed by atoms with Crippen LogP contribution in [0.2, 0.25) is 0 Å². The van der Waals surface area contributed by atoms with Crippen LogP contribution in [0.1, 0.15) is 11.1 Å².